The van der Waals surface area contributed by atoms with Gasteiger partial charge in [0.2, 0.25) is 15.9 Å². The van der Waals surface area contributed by atoms with Crippen LogP contribution in [0.3, 0.4) is 0 Å². The number of halogens is 1. The van der Waals surface area contributed by atoms with E-state index in [1.807, 2.05) is 4.90 Å². The van der Waals surface area contributed by atoms with Gasteiger partial charge in [-0.15, -0.1) is 0 Å². The van der Waals surface area contributed by atoms with Gasteiger partial charge in [0.05, 0.1) is 36.8 Å². The van der Waals surface area contributed by atoms with Crippen molar-refractivity contribution in [1.29, 1.82) is 0 Å². The largest absolute Gasteiger partial charge is 0.395 e. The van der Waals surface area contributed by atoms with Gasteiger partial charge in [-0.3, -0.25) is 9.69 Å². The van der Waals surface area contributed by atoms with Crippen molar-refractivity contribution in [2.75, 3.05) is 39.5 Å². The number of ether oxygens (including phenoxy) is 1. The molecule has 2 saturated carbocycles. The molecular formula is C26H36ClN3O5S. The first-order chi connectivity index (χ1) is 17.3. The van der Waals surface area contributed by atoms with E-state index in [0.717, 1.165) is 38.5 Å². The van der Waals surface area contributed by atoms with Gasteiger partial charge >= 0.3 is 0 Å². The highest BCUT2D eigenvalue weighted by Gasteiger charge is 2.59. The molecule has 1 amide bonds. The Labute approximate surface area is 218 Å². The number of hydrogen-bond acceptors (Lipinski definition) is 6. The quantitative estimate of drug-likeness (QED) is 0.547. The van der Waals surface area contributed by atoms with E-state index in [1.54, 1.807) is 28.6 Å². The van der Waals surface area contributed by atoms with E-state index >= 15 is 0 Å². The van der Waals surface area contributed by atoms with Crippen LogP contribution in [0.1, 0.15) is 44.9 Å². The van der Waals surface area contributed by atoms with Gasteiger partial charge in [0.15, 0.2) is 0 Å². The standard InChI is InChI=1S/C26H36ClN3O5S/c27-19-3-7-22(8-4-19)36(33,34)30-23(18-1-2-18)16-35-17-24(30)26(9-10-26)13-25(32)28-14-20-5-6-21(15-28)29(20)11-12-31/h3-4,7-8,18,20-21,23-24,31H,1-2,5-6,9-17H2/t20?,21?,23-,24+/m0/s1. The van der Waals surface area contributed by atoms with E-state index in [0.29, 0.717) is 62.3 Å². The van der Waals surface area contributed by atoms with Crippen molar-refractivity contribution in [3.8, 4) is 0 Å². The predicted octanol–water partition coefficient (Wildman–Crippen LogP) is 2.35. The lowest BCUT2D eigenvalue weighted by Crippen LogP contribution is -2.60. The first kappa shape index (κ1) is 25.1. The maximum atomic E-state index is 14.0. The van der Waals surface area contributed by atoms with Crippen LogP contribution in [0.2, 0.25) is 5.02 Å². The zero-order chi connectivity index (χ0) is 25.1. The Kier molecular flexibility index (Phi) is 6.62. The fourth-order valence-corrected chi connectivity index (χ4v) is 8.96. The minimum atomic E-state index is -3.77. The van der Waals surface area contributed by atoms with E-state index in [2.05, 4.69) is 4.90 Å². The molecule has 10 heteroatoms. The van der Waals surface area contributed by atoms with Crippen LogP contribution < -0.4 is 0 Å². The zero-order valence-corrected chi connectivity index (χ0v) is 22.2. The van der Waals surface area contributed by atoms with E-state index in [9.17, 15) is 18.3 Å². The van der Waals surface area contributed by atoms with E-state index < -0.39 is 10.0 Å². The minimum Gasteiger partial charge on any atom is -0.395 e. The molecule has 0 spiro atoms. The molecule has 2 aliphatic carbocycles. The molecule has 198 valence electrons. The van der Waals surface area contributed by atoms with Crippen molar-refractivity contribution in [3.05, 3.63) is 29.3 Å². The molecule has 36 heavy (non-hydrogen) atoms. The second kappa shape index (κ2) is 9.50. The third kappa shape index (κ3) is 4.50. The van der Waals surface area contributed by atoms with E-state index in [1.165, 1.54) is 0 Å². The second-order valence-corrected chi connectivity index (χ2v) is 13.7. The summed E-state index contributed by atoms with van der Waals surface area (Å²) in [5.41, 5.74) is -0.370. The molecule has 3 aliphatic heterocycles. The number of aliphatic hydroxyl groups is 1. The van der Waals surface area contributed by atoms with Crippen LogP contribution in [-0.4, -0.2) is 97.2 Å². The zero-order valence-electron chi connectivity index (χ0n) is 20.6. The summed E-state index contributed by atoms with van der Waals surface area (Å²) in [5.74, 6) is 0.446. The van der Waals surface area contributed by atoms with Gasteiger partial charge in [-0.1, -0.05) is 11.6 Å². The van der Waals surface area contributed by atoms with Crippen LogP contribution in [0.15, 0.2) is 29.2 Å². The van der Waals surface area contributed by atoms with Gasteiger partial charge in [-0.25, -0.2) is 8.42 Å². The van der Waals surface area contributed by atoms with Gasteiger partial charge < -0.3 is 14.7 Å². The van der Waals surface area contributed by atoms with Gasteiger partial charge in [0.25, 0.3) is 0 Å². The normalized spacial score (nSPS) is 32.6. The molecule has 5 aliphatic rings. The van der Waals surface area contributed by atoms with Crippen LogP contribution in [0.25, 0.3) is 0 Å². The highest BCUT2D eigenvalue weighted by Crippen LogP contribution is 2.57. The smallest absolute Gasteiger partial charge is 0.243 e. The minimum absolute atomic E-state index is 0.130. The maximum Gasteiger partial charge on any atom is 0.243 e. The van der Waals surface area contributed by atoms with Gasteiger partial charge in [-0.2, -0.15) is 4.31 Å². The number of amides is 1. The highest BCUT2D eigenvalue weighted by molar-refractivity contribution is 7.89. The summed E-state index contributed by atoms with van der Waals surface area (Å²) < 4.78 is 35.8. The van der Waals surface area contributed by atoms with Crippen molar-refractivity contribution in [2.45, 2.75) is 74.0 Å². The van der Waals surface area contributed by atoms with Crippen molar-refractivity contribution < 1.29 is 23.1 Å². The van der Waals surface area contributed by atoms with Crippen LogP contribution in [0, 0.1) is 11.3 Å². The lowest BCUT2D eigenvalue weighted by molar-refractivity contribution is -0.137. The number of nitrogens with zero attached hydrogens (tertiary/aromatic N) is 3. The summed E-state index contributed by atoms with van der Waals surface area (Å²) >= 11 is 6.04. The molecule has 3 heterocycles. The molecular weight excluding hydrogens is 502 g/mol. The van der Waals surface area contributed by atoms with Gasteiger partial charge in [0.1, 0.15) is 0 Å². The molecule has 1 aromatic rings. The van der Waals surface area contributed by atoms with Crippen molar-refractivity contribution in [2.24, 2.45) is 11.3 Å². The van der Waals surface area contributed by atoms with Gasteiger partial charge in [0, 0.05) is 43.2 Å². The van der Waals surface area contributed by atoms with Crippen LogP contribution in [0.4, 0.5) is 0 Å². The molecule has 8 nitrogen and oxygen atoms in total. The Morgan fingerprint density at radius 2 is 1.72 bits per heavy atom. The first-order valence-electron chi connectivity index (χ1n) is 13.3. The number of fused-ring (bicyclic) bond motifs is 2. The summed E-state index contributed by atoms with van der Waals surface area (Å²) in [4.78, 5) is 18.2. The number of morpholine rings is 1. The molecule has 4 atom stereocenters. The number of piperazine rings is 1. The Morgan fingerprint density at radius 1 is 1.06 bits per heavy atom. The Balaban J connectivity index is 1.23. The van der Waals surface area contributed by atoms with Gasteiger partial charge in [-0.05, 0) is 74.1 Å². The maximum absolute atomic E-state index is 14.0. The highest BCUT2D eigenvalue weighted by atomic mass is 35.5. The molecule has 1 aromatic carbocycles. The Bertz CT molecular complexity index is 1080. The average molecular weight is 538 g/mol. The summed E-state index contributed by atoms with van der Waals surface area (Å²) in [7, 11) is -3.77. The van der Waals surface area contributed by atoms with E-state index in [-0.39, 0.29) is 34.9 Å². The number of aliphatic hydroxyl groups excluding tert-OH is 1. The Hall–Kier alpha value is -1.23. The number of carbonyl (C=O) groups is 1. The molecule has 2 unspecified atom stereocenters. The number of likely N-dealkylation sites (tertiary alicyclic amines) is 1. The number of rotatable bonds is 8. The van der Waals surface area contributed by atoms with Crippen molar-refractivity contribution >= 4 is 27.5 Å². The average Bonchev–Trinajstić information content (AvgIpc) is 3.79. The van der Waals surface area contributed by atoms with Crippen LogP contribution >= 0.6 is 11.6 Å². The molecule has 3 saturated heterocycles. The third-order valence-electron chi connectivity index (χ3n) is 9.20. The lowest BCUT2D eigenvalue weighted by atomic mass is 9.90. The number of benzene rings is 1. The summed E-state index contributed by atoms with van der Waals surface area (Å²) in [5, 5.41) is 9.92. The number of hydrogen-bond donors (Lipinski definition) is 1. The fraction of sp³-hybridized carbons (Fsp3) is 0.731. The summed E-state index contributed by atoms with van der Waals surface area (Å²) in [6, 6.07) is 6.52. The fourth-order valence-electron chi connectivity index (χ4n) is 6.90. The van der Waals surface area contributed by atoms with Crippen molar-refractivity contribution in [3.63, 3.8) is 0 Å². The summed E-state index contributed by atoms with van der Waals surface area (Å²) in [6.45, 7) is 2.95. The molecule has 6 rings (SSSR count). The van der Waals surface area contributed by atoms with Crippen LogP contribution in [-0.2, 0) is 19.6 Å². The first-order valence-corrected chi connectivity index (χ1v) is 15.2. The molecule has 2 bridgehead atoms. The number of carbonyl (C=O) groups excluding carboxylic acids is 1. The molecule has 0 radical (unpaired) electrons. The predicted molar refractivity (Wildman–Crippen MR) is 135 cm³/mol. The third-order valence-corrected chi connectivity index (χ3v) is 11.4. The topological polar surface area (TPSA) is 90.4 Å². The van der Waals surface area contributed by atoms with E-state index in [4.69, 9.17) is 16.3 Å². The monoisotopic (exact) mass is 537 g/mol. The number of sulfonamides is 1. The SMILES string of the molecule is O=C(CC1([C@H]2COC[C@@H](C3CC3)N2S(=O)(=O)c2ccc(Cl)cc2)CC1)N1CC2CCC(C1)N2CCO. The lowest BCUT2D eigenvalue weighted by Gasteiger charge is -2.45. The van der Waals surface area contributed by atoms with Crippen LogP contribution in [0.5, 0.6) is 0 Å². The molecule has 1 N–H and O–H groups in total. The molecule has 5 fully saturated rings. The summed E-state index contributed by atoms with van der Waals surface area (Å²) in [6.07, 6.45) is 6.20. The Morgan fingerprint density at radius 3 is 2.31 bits per heavy atom. The van der Waals surface area contributed by atoms with Crippen molar-refractivity contribution in [1.82, 2.24) is 14.1 Å². The second-order valence-electron chi connectivity index (χ2n) is 11.4. The molecule has 0 aromatic heterocycles.